The maximum absolute atomic E-state index is 12.7. The highest BCUT2D eigenvalue weighted by molar-refractivity contribution is 7.21. The zero-order valence-electron chi connectivity index (χ0n) is 17.0. The Kier molecular flexibility index (Phi) is 6.21. The standard InChI is InChI=1S/C20H22F3N5O3S/c1-9-14(18-27-11-4-2-3-5-13(11)32-18)17(28-19(25-9)24-8-20(21,22)23)26-12-6-10(7-29)15(30)16(12)31/h2-5,10,12,15-16,29-31H,6-8H2,1H3,(H2,24,25,26,28)/t10-,12+,15+,16-/m0/s1. The summed E-state index contributed by atoms with van der Waals surface area (Å²) in [6.07, 6.45) is -6.50. The number of fused-ring (bicyclic) bond motifs is 1. The average molecular weight is 469 g/mol. The van der Waals surface area contributed by atoms with Crippen LogP contribution in [0, 0.1) is 12.8 Å². The van der Waals surface area contributed by atoms with Gasteiger partial charge >= 0.3 is 6.18 Å². The summed E-state index contributed by atoms with van der Waals surface area (Å²) in [7, 11) is 0. The minimum Gasteiger partial charge on any atom is -0.396 e. The quantitative estimate of drug-likeness (QED) is 0.373. The van der Waals surface area contributed by atoms with E-state index in [1.807, 2.05) is 24.3 Å². The van der Waals surface area contributed by atoms with Crippen LogP contribution < -0.4 is 10.6 Å². The molecule has 0 aliphatic heterocycles. The molecule has 4 rings (SSSR count). The minimum absolute atomic E-state index is 0.191. The monoisotopic (exact) mass is 469 g/mol. The normalized spacial score (nSPS) is 23.6. The fourth-order valence-electron chi connectivity index (χ4n) is 3.80. The Morgan fingerprint density at radius 3 is 2.53 bits per heavy atom. The van der Waals surface area contributed by atoms with E-state index in [9.17, 15) is 28.5 Å². The van der Waals surface area contributed by atoms with Gasteiger partial charge in [0.05, 0.1) is 33.6 Å². The molecule has 0 unspecified atom stereocenters. The van der Waals surface area contributed by atoms with Crippen LogP contribution in [0.2, 0.25) is 0 Å². The number of hydrogen-bond donors (Lipinski definition) is 5. The Balaban J connectivity index is 1.74. The van der Waals surface area contributed by atoms with Gasteiger partial charge < -0.3 is 26.0 Å². The summed E-state index contributed by atoms with van der Waals surface area (Å²) in [5, 5.41) is 35.8. The summed E-state index contributed by atoms with van der Waals surface area (Å²) in [5.74, 6) is -0.561. The molecule has 1 aliphatic carbocycles. The molecule has 2 aromatic heterocycles. The molecule has 2 heterocycles. The molecule has 12 heteroatoms. The zero-order chi connectivity index (χ0) is 23.0. The maximum atomic E-state index is 12.7. The van der Waals surface area contributed by atoms with Gasteiger partial charge in [0.2, 0.25) is 5.95 Å². The lowest BCUT2D eigenvalue weighted by molar-refractivity contribution is -0.115. The van der Waals surface area contributed by atoms with E-state index < -0.39 is 36.9 Å². The van der Waals surface area contributed by atoms with Crippen LogP contribution in [0.5, 0.6) is 0 Å². The van der Waals surface area contributed by atoms with Crippen LogP contribution in [0.3, 0.4) is 0 Å². The number of nitrogens with zero attached hydrogens (tertiary/aromatic N) is 3. The Morgan fingerprint density at radius 2 is 1.88 bits per heavy atom. The first kappa shape index (κ1) is 22.6. The molecule has 0 saturated heterocycles. The number of nitrogens with one attached hydrogen (secondary N) is 2. The third kappa shape index (κ3) is 4.63. The van der Waals surface area contributed by atoms with E-state index in [4.69, 9.17) is 0 Å². The maximum Gasteiger partial charge on any atom is 0.405 e. The lowest BCUT2D eigenvalue weighted by atomic mass is 10.1. The number of para-hydroxylation sites is 1. The van der Waals surface area contributed by atoms with E-state index >= 15 is 0 Å². The molecule has 0 radical (unpaired) electrons. The van der Waals surface area contributed by atoms with Crippen molar-refractivity contribution in [3.05, 3.63) is 30.0 Å². The summed E-state index contributed by atoms with van der Waals surface area (Å²) in [6.45, 7) is 0.0372. The van der Waals surface area contributed by atoms with Crippen molar-refractivity contribution in [2.24, 2.45) is 5.92 Å². The number of anilines is 2. The van der Waals surface area contributed by atoms with Gasteiger partial charge in [0.1, 0.15) is 23.5 Å². The lowest BCUT2D eigenvalue weighted by Gasteiger charge is -2.21. The zero-order valence-corrected chi connectivity index (χ0v) is 17.8. The summed E-state index contributed by atoms with van der Waals surface area (Å²) >= 11 is 1.38. The molecule has 1 aromatic carbocycles. The summed E-state index contributed by atoms with van der Waals surface area (Å²) < 4.78 is 39.0. The van der Waals surface area contributed by atoms with Crippen molar-refractivity contribution in [3.63, 3.8) is 0 Å². The number of aromatic nitrogens is 3. The predicted octanol–water partition coefficient (Wildman–Crippen LogP) is 2.55. The molecule has 0 spiro atoms. The lowest BCUT2D eigenvalue weighted by Crippen LogP contribution is -2.36. The number of thiazole rings is 1. The summed E-state index contributed by atoms with van der Waals surface area (Å²) in [4.78, 5) is 13.0. The number of halogens is 3. The third-order valence-corrected chi connectivity index (χ3v) is 6.46. The van der Waals surface area contributed by atoms with Crippen LogP contribution in [0.15, 0.2) is 24.3 Å². The van der Waals surface area contributed by atoms with E-state index in [0.29, 0.717) is 16.3 Å². The highest BCUT2D eigenvalue weighted by Crippen LogP contribution is 2.38. The molecule has 0 amide bonds. The van der Waals surface area contributed by atoms with Gasteiger partial charge in [0, 0.05) is 12.5 Å². The van der Waals surface area contributed by atoms with Crippen molar-refractivity contribution in [3.8, 4) is 10.6 Å². The Morgan fingerprint density at radius 1 is 1.12 bits per heavy atom. The number of rotatable bonds is 6. The minimum atomic E-state index is -4.45. The van der Waals surface area contributed by atoms with Gasteiger partial charge in [-0.1, -0.05) is 12.1 Å². The first-order valence-electron chi connectivity index (χ1n) is 9.95. The smallest absolute Gasteiger partial charge is 0.396 e. The van der Waals surface area contributed by atoms with Crippen LogP contribution >= 0.6 is 11.3 Å². The van der Waals surface area contributed by atoms with Gasteiger partial charge in [-0.25, -0.2) is 9.97 Å². The van der Waals surface area contributed by atoms with E-state index in [1.165, 1.54) is 11.3 Å². The van der Waals surface area contributed by atoms with Crippen molar-refractivity contribution in [2.45, 2.75) is 37.8 Å². The number of aliphatic hydroxyl groups is 3. The number of aryl methyl sites for hydroxylation is 1. The number of hydrogen-bond acceptors (Lipinski definition) is 9. The van der Waals surface area contributed by atoms with Crippen LogP contribution in [0.25, 0.3) is 20.8 Å². The van der Waals surface area contributed by atoms with E-state index in [1.54, 1.807) is 6.92 Å². The molecule has 1 fully saturated rings. The largest absolute Gasteiger partial charge is 0.405 e. The Labute approximate surface area is 185 Å². The van der Waals surface area contributed by atoms with Crippen molar-refractivity contribution in [1.82, 2.24) is 15.0 Å². The molecule has 1 saturated carbocycles. The second-order valence-electron chi connectivity index (χ2n) is 7.72. The average Bonchev–Trinajstić information content (AvgIpc) is 3.27. The molecule has 8 nitrogen and oxygen atoms in total. The first-order chi connectivity index (χ1) is 15.2. The third-order valence-electron chi connectivity index (χ3n) is 5.40. The predicted molar refractivity (Wildman–Crippen MR) is 115 cm³/mol. The highest BCUT2D eigenvalue weighted by Gasteiger charge is 2.41. The topological polar surface area (TPSA) is 123 Å². The molecule has 32 heavy (non-hydrogen) atoms. The van der Waals surface area contributed by atoms with Gasteiger partial charge in [-0.05, 0) is 25.5 Å². The Bertz CT molecular complexity index is 1080. The van der Waals surface area contributed by atoms with Crippen LogP contribution in [0.1, 0.15) is 12.1 Å². The van der Waals surface area contributed by atoms with Gasteiger partial charge in [-0.3, -0.25) is 0 Å². The molecule has 0 bridgehead atoms. The van der Waals surface area contributed by atoms with Crippen molar-refractivity contribution < 1.29 is 28.5 Å². The second-order valence-corrected chi connectivity index (χ2v) is 8.75. The van der Waals surface area contributed by atoms with E-state index in [0.717, 1.165) is 10.2 Å². The molecule has 1 aliphatic rings. The molecule has 5 N–H and O–H groups in total. The van der Waals surface area contributed by atoms with Crippen LogP contribution in [-0.4, -0.2) is 67.8 Å². The van der Waals surface area contributed by atoms with E-state index in [2.05, 4.69) is 25.6 Å². The molecular weight excluding hydrogens is 447 g/mol. The summed E-state index contributed by atoms with van der Waals surface area (Å²) in [6, 6.07) is 6.81. The molecule has 4 atom stereocenters. The van der Waals surface area contributed by atoms with Crippen LogP contribution in [0.4, 0.5) is 24.9 Å². The van der Waals surface area contributed by atoms with Gasteiger partial charge in [-0.2, -0.15) is 18.2 Å². The van der Waals surface area contributed by atoms with Gasteiger partial charge in [-0.15, -0.1) is 11.3 Å². The fraction of sp³-hybridized carbons (Fsp3) is 0.450. The van der Waals surface area contributed by atoms with Gasteiger partial charge in [0.25, 0.3) is 0 Å². The summed E-state index contributed by atoms with van der Waals surface area (Å²) in [5.41, 5.74) is 1.66. The van der Waals surface area contributed by atoms with Crippen molar-refractivity contribution >= 4 is 33.3 Å². The molecule has 3 aromatic rings. The van der Waals surface area contributed by atoms with Gasteiger partial charge in [0.15, 0.2) is 0 Å². The van der Waals surface area contributed by atoms with Crippen molar-refractivity contribution in [2.75, 3.05) is 23.8 Å². The van der Waals surface area contributed by atoms with Crippen LogP contribution in [-0.2, 0) is 0 Å². The first-order valence-corrected chi connectivity index (χ1v) is 10.8. The molecule has 172 valence electrons. The second kappa shape index (κ2) is 8.77. The fourth-order valence-corrected chi connectivity index (χ4v) is 4.86. The van der Waals surface area contributed by atoms with Crippen molar-refractivity contribution in [1.29, 1.82) is 0 Å². The van der Waals surface area contributed by atoms with E-state index in [-0.39, 0.29) is 24.8 Å². The molecular formula is C20H22F3N5O3S. The highest BCUT2D eigenvalue weighted by atomic mass is 32.1. The SMILES string of the molecule is Cc1nc(NCC(F)(F)F)nc(N[C@@H]2C[C@@H](CO)[C@@H](O)[C@H]2O)c1-c1nc2ccccc2s1. The number of alkyl halides is 3. The Hall–Kier alpha value is -2.54. The number of benzene rings is 1. The number of aliphatic hydroxyl groups excluding tert-OH is 3.